The number of aromatic nitrogens is 2. The molecule has 0 unspecified atom stereocenters. The normalized spacial score (nSPS) is 17.6. The average Bonchev–Trinajstić information content (AvgIpc) is 2.80. The number of nitrogens with zero attached hydrogens (tertiary/aromatic N) is 2. The number of piperazine rings is 1. The Hall–Kier alpha value is -2.13. The molecular formula is C12H14N4O4S. The van der Waals surface area contributed by atoms with Gasteiger partial charge >= 0.3 is 5.69 Å². The predicted octanol–water partition coefficient (Wildman–Crippen LogP) is -0.681. The Balaban J connectivity index is 1.99. The minimum Gasteiger partial charge on any atom is -0.343 e. The van der Waals surface area contributed by atoms with Gasteiger partial charge in [0.05, 0.1) is 22.5 Å². The number of hydrogen-bond acceptors (Lipinski definition) is 4. The van der Waals surface area contributed by atoms with Crippen molar-refractivity contribution in [3.63, 3.8) is 0 Å². The zero-order valence-corrected chi connectivity index (χ0v) is 12.1. The lowest BCUT2D eigenvalue weighted by molar-refractivity contribution is -0.132. The van der Waals surface area contributed by atoms with Gasteiger partial charge in [0.1, 0.15) is 0 Å². The van der Waals surface area contributed by atoms with Gasteiger partial charge in [-0.2, -0.15) is 4.31 Å². The van der Waals surface area contributed by atoms with E-state index < -0.39 is 15.7 Å². The Morgan fingerprint density at radius 3 is 2.52 bits per heavy atom. The number of amides is 1. The second-order valence-electron chi connectivity index (χ2n) is 4.94. The predicted molar refractivity (Wildman–Crippen MR) is 75.3 cm³/mol. The highest BCUT2D eigenvalue weighted by Gasteiger charge is 2.31. The highest BCUT2D eigenvalue weighted by Crippen LogP contribution is 2.20. The highest BCUT2D eigenvalue weighted by molar-refractivity contribution is 7.89. The molecule has 3 rings (SSSR count). The van der Waals surface area contributed by atoms with Crippen LogP contribution in [0.15, 0.2) is 27.9 Å². The lowest BCUT2D eigenvalue weighted by atomic mass is 10.3. The molecule has 1 fully saturated rings. The summed E-state index contributed by atoms with van der Waals surface area (Å²) in [7, 11) is -2.11. The van der Waals surface area contributed by atoms with Gasteiger partial charge in [0.25, 0.3) is 0 Å². The van der Waals surface area contributed by atoms with Crippen molar-refractivity contribution in [3.8, 4) is 0 Å². The minimum absolute atomic E-state index is 0.0580. The number of rotatable bonds is 2. The molecule has 112 valence electrons. The molecule has 2 aromatic rings. The summed E-state index contributed by atoms with van der Waals surface area (Å²) in [6.07, 6.45) is 0. The fraction of sp³-hybridized carbons (Fsp3) is 0.333. The lowest BCUT2D eigenvalue weighted by Gasteiger charge is -2.31. The van der Waals surface area contributed by atoms with E-state index >= 15 is 0 Å². The van der Waals surface area contributed by atoms with Crippen LogP contribution in [-0.2, 0) is 14.8 Å². The molecule has 0 bridgehead atoms. The number of aromatic amines is 2. The Bertz CT molecular complexity index is 867. The third-order valence-electron chi connectivity index (χ3n) is 3.55. The first-order chi connectivity index (χ1) is 9.88. The maximum absolute atomic E-state index is 12.5. The van der Waals surface area contributed by atoms with Crippen molar-refractivity contribution < 1.29 is 13.2 Å². The maximum Gasteiger partial charge on any atom is 0.323 e. The Labute approximate surface area is 120 Å². The number of nitrogens with one attached hydrogen (secondary N) is 2. The van der Waals surface area contributed by atoms with Crippen LogP contribution in [0.3, 0.4) is 0 Å². The van der Waals surface area contributed by atoms with Crippen LogP contribution in [0.4, 0.5) is 0 Å². The van der Waals surface area contributed by atoms with Gasteiger partial charge in [0.15, 0.2) is 0 Å². The Kier molecular flexibility index (Phi) is 3.10. The summed E-state index contributed by atoms with van der Waals surface area (Å²) in [5.41, 5.74) is 0.559. The van der Waals surface area contributed by atoms with Gasteiger partial charge in [-0.25, -0.2) is 13.2 Å². The van der Waals surface area contributed by atoms with Crippen molar-refractivity contribution in [1.29, 1.82) is 0 Å². The molecule has 1 amide bonds. The van der Waals surface area contributed by atoms with E-state index in [4.69, 9.17) is 0 Å². The van der Waals surface area contributed by atoms with Gasteiger partial charge in [0.2, 0.25) is 15.9 Å². The van der Waals surface area contributed by atoms with Gasteiger partial charge < -0.3 is 14.9 Å². The van der Waals surface area contributed by atoms with E-state index in [2.05, 4.69) is 9.97 Å². The Morgan fingerprint density at radius 2 is 1.81 bits per heavy atom. The first-order valence-electron chi connectivity index (χ1n) is 6.34. The molecule has 8 nitrogen and oxygen atoms in total. The first-order valence-corrected chi connectivity index (χ1v) is 7.78. The quantitative estimate of drug-likeness (QED) is 0.766. The molecule has 0 atom stereocenters. The Morgan fingerprint density at radius 1 is 1.10 bits per heavy atom. The summed E-state index contributed by atoms with van der Waals surface area (Å²) in [5.74, 6) is -0.235. The molecule has 0 spiro atoms. The monoisotopic (exact) mass is 310 g/mol. The molecule has 2 heterocycles. The van der Waals surface area contributed by atoms with Crippen molar-refractivity contribution in [2.75, 3.05) is 26.7 Å². The second kappa shape index (κ2) is 4.71. The summed E-state index contributed by atoms with van der Waals surface area (Å²) >= 11 is 0. The third kappa shape index (κ3) is 2.34. The summed E-state index contributed by atoms with van der Waals surface area (Å²) in [5, 5.41) is 0. The molecule has 1 saturated heterocycles. The van der Waals surface area contributed by atoms with Crippen molar-refractivity contribution in [3.05, 3.63) is 28.7 Å². The molecule has 1 aromatic heterocycles. The summed E-state index contributed by atoms with van der Waals surface area (Å²) in [6.45, 7) is 0.452. The number of H-pyrrole nitrogens is 2. The molecule has 0 radical (unpaired) electrons. The van der Waals surface area contributed by atoms with Crippen LogP contribution in [-0.4, -0.2) is 60.2 Å². The number of imidazole rings is 1. The molecule has 0 saturated carbocycles. The fourth-order valence-electron chi connectivity index (χ4n) is 2.26. The zero-order chi connectivity index (χ0) is 15.2. The molecular weight excluding hydrogens is 296 g/mol. The number of sulfonamides is 1. The SMILES string of the molecule is CN1CCN(S(=O)(=O)c2ccc3[nH]c(=O)[nH]c3c2)CC1=O. The van der Waals surface area contributed by atoms with E-state index in [1.807, 2.05) is 0 Å². The van der Waals surface area contributed by atoms with Crippen LogP contribution < -0.4 is 5.69 Å². The second-order valence-corrected chi connectivity index (χ2v) is 6.88. The van der Waals surface area contributed by atoms with E-state index in [-0.39, 0.29) is 23.9 Å². The number of carbonyl (C=O) groups excluding carboxylic acids is 1. The molecule has 1 aliphatic rings. The number of likely N-dealkylation sites (N-methyl/N-ethyl adjacent to an activating group) is 1. The average molecular weight is 310 g/mol. The maximum atomic E-state index is 12.5. The minimum atomic E-state index is -3.75. The van der Waals surface area contributed by atoms with Gasteiger partial charge in [-0.1, -0.05) is 0 Å². The van der Waals surface area contributed by atoms with Gasteiger partial charge in [0, 0.05) is 20.1 Å². The lowest BCUT2D eigenvalue weighted by Crippen LogP contribution is -2.50. The van der Waals surface area contributed by atoms with E-state index in [1.165, 1.54) is 23.1 Å². The van der Waals surface area contributed by atoms with Crippen LogP contribution in [0.1, 0.15) is 0 Å². The molecule has 0 aliphatic carbocycles. The smallest absolute Gasteiger partial charge is 0.323 e. The van der Waals surface area contributed by atoms with Crippen LogP contribution in [0.25, 0.3) is 11.0 Å². The number of hydrogen-bond donors (Lipinski definition) is 2. The van der Waals surface area contributed by atoms with Crippen molar-refractivity contribution in [2.24, 2.45) is 0 Å². The zero-order valence-electron chi connectivity index (χ0n) is 11.3. The standard InChI is InChI=1S/C12H14N4O4S/c1-15-4-5-16(7-11(15)17)21(19,20)8-2-3-9-10(6-8)14-12(18)13-9/h2-3,6H,4-5,7H2,1H3,(H2,13,14,18). The highest BCUT2D eigenvalue weighted by atomic mass is 32.2. The van der Waals surface area contributed by atoms with Crippen LogP contribution >= 0.6 is 0 Å². The van der Waals surface area contributed by atoms with Crippen LogP contribution in [0.5, 0.6) is 0 Å². The van der Waals surface area contributed by atoms with Crippen molar-refractivity contribution >= 4 is 27.0 Å². The van der Waals surface area contributed by atoms with Gasteiger partial charge in [-0.15, -0.1) is 0 Å². The summed E-state index contributed by atoms with van der Waals surface area (Å²) < 4.78 is 26.2. The number of fused-ring (bicyclic) bond motifs is 1. The molecule has 1 aliphatic heterocycles. The van der Waals surface area contributed by atoms with Crippen molar-refractivity contribution in [2.45, 2.75) is 4.90 Å². The van der Waals surface area contributed by atoms with Gasteiger partial charge in [-0.3, -0.25) is 4.79 Å². The van der Waals surface area contributed by atoms with E-state index in [0.29, 0.717) is 17.6 Å². The van der Waals surface area contributed by atoms with E-state index in [9.17, 15) is 18.0 Å². The summed E-state index contributed by atoms with van der Waals surface area (Å²) in [4.78, 5) is 29.5. The molecule has 21 heavy (non-hydrogen) atoms. The third-order valence-corrected chi connectivity index (χ3v) is 5.39. The molecule has 9 heteroatoms. The van der Waals surface area contributed by atoms with E-state index in [0.717, 1.165) is 4.31 Å². The van der Waals surface area contributed by atoms with Crippen LogP contribution in [0, 0.1) is 0 Å². The topological polar surface area (TPSA) is 106 Å². The molecule has 2 N–H and O–H groups in total. The number of carbonyl (C=O) groups is 1. The molecule has 1 aromatic carbocycles. The van der Waals surface area contributed by atoms with Crippen LogP contribution in [0.2, 0.25) is 0 Å². The largest absolute Gasteiger partial charge is 0.343 e. The fourth-order valence-corrected chi connectivity index (χ4v) is 3.67. The summed E-state index contributed by atoms with van der Waals surface area (Å²) in [6, 6.07) is 4.34. The number of benzene rings is 1. The van der Waals surface area contributed by atoms with Crippen molar-refractivity contribution in [1.82, 2.24) is 19.2 Å². The first kappa shape index (κ1) is 13.8. The van der Waals surface area contributed by atoms with Gasteiger partial charge in [-0.05, 0) is 18.2 Å². The van der Waals surface area contributed by atoms with E-state index in [1.54, 1.807) is 7.05 Å².